The summed E-state index contributed by atoms with van der Waals surface area (Å²) < 4.78 is 5.12. The lowest BCUT2D eigenvalue weighted by Gasteiger charge is -2.05. The van der Waals surface area contributed by atoms with Crippen LogP contribution in [0.5, 0.6) is 0 Å². The van der Waals surface area contributed by atoms with Crippen molar-refractivity contribution in [3.63, 3.8) is 0 Å². The highest BCUT2D eigenvalue weighted by molar-refractivity contribution is 6.39. The number of aromatic nitrogens is 1. The molecule has 0 atom stereocenters. The van der Waals surface area contributed by atoms with Crippen molar-refractivity contribution < 1.29 is 14.2 Å². The van der Waals surface area contributed by atoms with Crippen LogP contribution in [0.2, 0.25) is 10.0 Å². The number of nitriles is 1. The molecule has 1 aromatic heterocycles. The van der Waals surface area contributed by atoms with E-state index < -0.39 is 5.97 Å². The van der Waals surface area contributed by atoms with Crippen molar-refractivity contribution in [3.8, 4) is 17.3 Å². The van der Waals surface area contributed by atoms with Crippen LogP contribution in [0, 0.1) is 18.3 Å². The molecule has 0 aliphatic heterocycles. The van der Waals surface area contributed by atoms with Crippen LogP contribution in [0.25, 0.3) is 11.3 Å². The Morgan fingerprint density at radius 1 is 1.15 bits per heavy atom. The van der Waals surface area contributed by atoms with Gasteiger partial charge in [-0.1, -0.05) is 69.9 Å². The van der Waals surface area contributed by atoms with Gasteiger partial charge in [-0.25, -0.2) is 4.79 Å². The van der Waals surface area contributed by atoms with Crippen LogP contribution >= 0.6 is 23.2 Å². The van der Waals surface area contributed by atoms with Gasteiger partial charge in [0.25, 0.3) is 0 Å². The zero-order chi connectivity index (χ0) is 19.4. The molecule has 6 nitrogen and oxygen atoms in total. The standard InChI is InChI=1S/C19H11Cl2N3O3/c1-11-16(18(24-26-11)17-13(20)8-5-9-14(17)21)19(25)27-23-15(10-22)12-6-3-2-4-7-12/h2-9H,1H3/b23-15-. The first kappa shape index (κ1) is 18.6. The zero-order valence-corrected chi connectivity index (χ0v) is 15.5. The van der Waals surface area contributed by atoms with E-state index in [1.807, 2.05) is 6.07 Å². The van der Waals surface area contributed by atoms with E-state index in [1.165, 1.54) is 0 Å². The summed E-state index contributed by atoms with van der Waals surface area (Å²) in [7, 11) is 0. The topological polar surface area (TPSA) is 88.5 Å². The van der Waals surface area contributed by atoms with Crippen LogP contribution < -0.4 is 0 Å². The van der Waals surface area contributed by atoms with E-state index in [4.69, 9.17) is 32.6 Å². The number of rotatable bonds is 4. The third-order valence-electron chi connectivity index (χ3n) is 3.64. The van der Waals surface area contributed by atoms with Crippen LogP contribution in [0.3, 0.4) is 0 Å². The van der Waals surface area contributed by atoms with Crippen molar-refractivity contribution in [1.82, 2.24) is 5.16 Å². The van der Waals surface area contributed by atoms with Crippen molar-refractivity contribution in [2.75, 3.05) is 0 Å². The lowest BCUT2D eigenvalue weighted by Crippen LogP contribution is -2.07. The molecule has 0 aliphatic carbocycles. The van der Waals surface area contributed by atoms with E-state index >= 15 is 0 Å². The van der Waals surface area contributed by atoms with Gasteiger partial charge < -0.3 is 9.36 Å². The molecule has 1 heterocycles. The highest BCUT2D eigenvalue weighted by Crippen LogP contribution is 2.36. The molecule has 0 unspecified atom stereocenters. The Labute approximate surface area is 164 Å². The van der Waals surface area contributed by atoms with E-state index in [9.17, 15) is 10.1 Å². The Kier molecular flexibility index (Phi) is 5.55. The number of nitrogens with zero attached hydrogens (tertiary/aromatic N) is 3. The van der Waals surface area contributed by atoms with Crippen LogP contribution in [-0.4, -0.2) is 16.8 Å². The van der Waals surface area contributed by atoms with Crippen molar-refractivity contribution in [2.24, 2.45) is 5.16 Å². The molecule has 3 aromatic rings. The number of carbonyl (C=O) groups excluding carboxylic acids is 1. The molecular weight excluding hydrogens is 389 g/mol. The summed E-state index contributed by atoms with van der Waals surface area (Å²) in [6, 6.07) is 15.4. The van der Waals surface area contributed by atoms with Gasteiger partial charge in [0.2, 0.25) is 0 Å². The Morgan fingerprint density at radius 3 is 2.44 bits per heavy atom. The average Bonchev–Trinajstić information content (AvgIpc) is 3.04. The van der Waals surface area contributed by atoms with E-state index in [1.54, 1.807) is 55.5 Å². The molecule has 27 heavy (non-hydrogen) atoms. The van der Waals surface area contributed by atoms with Gasteiger partial charge in [-0.2, -0.15) is 5.26 Å². The molecule has 8 heteroatoms. The van der Waals surface area contributed by atoms with E-state index in [0.717, 1.165) is 0 Å². The predicted molar refractivity (Wildman–Crippen MR) is 101 cm³/mol. The van der Waals surface area contributed by atoms with Crippen molar-refractivity contribution in [2.45, 2.75) is 6.92 Å². The molecule has 3 rings (SSSR count). The van der Waals surface area contributed by atoms with Gasteiger partial charge >= 0.3 is 5.97 Å². The van der Waals surface area contributed by atoms with Gasteiger partial charge in [-0.05, 0) is 19.1 Å². The maximum Gasteiger partial charge on any atom is 0.371 e. The number of aryl methyl sites for hydroxylation is 1. The van der Waals surface area contributed by atoms with Crippen molar-refractivity contribution in [1.29, 1.82) is 5.26 Å². The second-order valence-corrected chi connectivity index (χ2v) is 6.17. The van der Waals surface area contributed by atoms with Gasteiger partial charge in [-0.3, -0.25) is 0 Å². The average molecular weight is 400 g/mol. The minimum absolute atomic E-state index is 0.0269. The lowest BCUT2D eigenvalue weighted by molar-refractivity contribution is 0.0516. The molecule has 0 spiro atoms. The minimum Gasteiger partial charge on any atom is -0.360 e. The van der Waals surface area contributed by atoms with E-state index in [0.29, 0.717) is 21.2 Å². The molecule has 0 fully saturated rings. The first-order valence-electron chi connectivity index (χ1n) is 7.68. The van der Waals surface area contributed by atoms with E-state index in [2.05, 4.69) is 10.3 Å². The molecule has 0 aliphatic rings. The molecule has 0 amide bonds. The highest BCUT2D eigenvalue weighted by atomic mass is 35.5. The van der Waals surface area contributed by atoms with Gasteiger partial charge in [0.05, 0.1) is 10.0 Å². The quantitative estimate of drug-likeness (QED) is 0.348. The molecule has 0 radical (unpaired) electrons. The number of carbonyl (C=O) groups is 1. The SMILES string of the molecule is Cc1onc(-c2c(Cl)cccc2Cl)c1C(=O)O/N=C(/C#N)c1ccccc1. The third-order valence-corrected chi connectivity index (χ3v) is 4.27. The zero-order valence-electron chi connectivity index (χ0n) is 13.9. The minimum atomic E-state index is -0.844. The number of hydrogen-bond donors (Lipinski definition) is 0. The summed E-state index contributed by atoms with van der Waals surface area (Å²) in [5, 5.41) is 17.4. The first-order chi connectivity index (χ1) is 13.0. The molecule has 0 saturated carbocycles. The molecule has 2 aromatic carbocycles. The lowest BCUT2D eigenvalue weighted by atomic mass is 10.1. The normalized spacial score (nSPS) is 11.1. The maximum atomic E-state index is 12.6. The van der Waals surface area contributed by atoms with Gasteiger partial charge in [0, 0.05) is 11.1 Å². The summed E-state index contributed by atoms with van der Waals surface area (Å²) >= 11 is 12.4. The molecule has 134 valence electrons. The summed E-state index contributed by atoms with van der Waals surface area (Å²) in [5.74, 6) is -0.636. The van der Waals surface area contributed by atoms with Crippen LogP contribution in [0.4, 0.5) is 0 Å². The van der Waals surface area contributed by atoms with Gasteiger partial charge in [0.1, 0.15) is 23.1 Å². The van der Waals surface area contributed by atoms with E-state index in [-0.39, 0.29) is 22.7 Å². The third kappa shape index (κ3) is 3.85. The number of hydrogen-bond acceptors (Lipinski definition) is 6. The van der Waals surface area contributed by atoms with Crippen LogP contribution in [0.1, 0.15) is 21.7 Å². The fourth-order valence-corrected chi connectivity index (χ4v) is 2.95. The van der Waals surface area contributed by atoms with Crippen LogP contribution in [0.15, 0.2) is 58.2 Å². The first-order valence-corrected chi connectivity index (χ1v) is 8.44. The summed E-state index contributed by atoms with van der Waals surface area (Å²) in [4.78, 5) is 17.5. The summed E-state index contributed by atoms with van der Waals surface area (Å²) in [6.07, 6.45) is 0. The highest BCUT2D eigenvalue weighted by Gasteiger charge is 2.26. The number of oxime groups is 1. The number of benzene rings is 2. The number of halogens is 2. The Bertz CT molecular complexity index is 1050. The van der Waals surface area contributed by atoms with Crippen molar-refractivity contribution in [3.05, 3.63) is 75.5 Å². The monoisotopic (exact) mass is 399 g/mol. The Morgan fingerprint density at radius 2 is 1.81 bits per heavy atom. The second-order valence-electron chi connectivity index (χ2n) is 5.36. The maximum absolute atomic E-state index is 12.6. The fourth-order valence-electron chi connectivity index (χ4n) is 2.37. The summed E-state index contributed by atoms with van der Waals surface area (Å²) in [5.41, 5.74) is 0.984. The largest absolute Gasteiger partial charge is 0.371 e. The predicted octanol–water partition coefficient (Wildman–Crippen LogP) is 5.04. The van der Waals surface area contributed by atoms with Gasteiger partial charge in [-0.15, -0.1) is 0 Å². The molecule has 0 bridgehead atoms. The molecular formula is C19H11Cl2N3O3. The smallest absolute Gasteiger partial charge is 0.360 e. The molecule has 0 N–H and O–H groups in total. The second kappa shape index (κ2) is 8.04. The van der Waals surface area contributed by atoms with Gasteiger partial charge in [0.15, 0.2) is 5.71 Å². The molecule has 0 saturated heterocycles. The summed E-state index contributed by atoms with van der Waals surface area (Å²) in [6.45, 7) is 1.55. The Balaban J connectivity index is 1.96. The van der Waals surface area contributed by atoms with Crippen LogP contribution in [-0.2, 0) is 4.84 Å². The fraction of sp³-hybridized carbons (Fsp3) is 0.0526. The van der Waals surface area contributed by atoms with Crippen molar-refractivity contribution >= 4 is 34.9 Å². The Hall–Kier alpha value is -3.14.